The van der Waals surface area contributed by atoms with Gasteiger partial charge in [-0.2, -0.15) is 4.98 Å². The molecule has 0 saturated heterocycles. The van der Waals surface area contributed by atoms with Gasteiger partial charge in [0, 0.05) is 0 Å². The third kappa shape index (κ3) is 0.695. The molecule has 0 atom stereocenters. The molecule has 0 aromatic carbocycles. The molecule has 0 amide bonds. The van der Waals surface area contributed by atoms with Crippen LogP contribution in [0.25, 0.3) is 11.2 Å². The number of H-pyrrole nitrogens is 1. The van der Waals surface area contributed by atoms with Crippen molar-refractivity contribution in [1.29, 1.82) is 0 Å². The van der Waals surface area contributed by atoms with E-state index in [0.717, 1.165) is 0 Å². The van der Waals surface area contributed by atoms with E-state index in [-0.39, 0.29) is 0 Å². The summed E-state index contributed by atoms with van der Waals surface area (Å²) in [7, 11) is 0. The van der Waals surface area contributed by atoms with E-state index in [2.05, 4.69) is 25.4 Å². The molecule has 1 radical (unpaired) electrons. The minimum atomic E-state index is 0.293. The Labute approximate surface area is 61.3 Å². The minimum absolute atomic E-state index is 0.293. The first-order chi connectivity index (χ1) is 4.86. The van der Waals surface area contributed by atoms with E-state index >= 15 is 0 Å². The summed E-state index contributed by atoms with van der Waals surface area (Å²) >= 11 is 4.70. The van der Waals surface area contributed by atoms with Gasteiger partial charge >= 0.3 is 0 Å². The molecule has 0 fully saturated rings. The zero-order valence-electron chi connectivity index (χ0n) is 4.77. The predicted octanol–water partition coefficient (Wildman–Crippen LogP) is 0.304. The van der Waals surface area contributed by atoms with E-state index in [1.807, 2.05) is 0 Å². The van der Waals surface area contributed by atoms with Crippen LogP contribution in [-0.2, 0) is 0 Å². The highest BCUT2D eigenvalue weighted by Crippen LogP contribution is 2.03. The highest BCUT2D eigenvalue weighted by atomic mass is 32.1. The molecule has 0 saturated carbocycles. The molecular formula is C4H2N5S. The van der Waals surface area contributed by atoms with Crippen molar-refractivity contribution in [3.05, 3.63) is 6.20 Å². The lowest BCUT2D eigenvalue weighted by Gasteiger charge is -1.84. The molecular weight excluding hydrogens is 150 g/mol. The summed E-state index contributed by atoms with van der Waals surface area (Å²) < 4.78 is 0. The first-order valence-corrected chi connectivity index (χ1v) is 2.98. The molecule has 0 spiro atoms. The Morgan fingerprint density at radius 2 is 2.40 bits per heavy atom. The number of aromatic amines is 1. The van der Waals surface area contributed by atoms with Crippen molar-refractivity contribution in [2.24, 2.45) is 0 Å². The van der Waals surface area contributed by atoms with E-state index in [4.69, 9.17) is 12.6 Å². The fraction of sp³-hybridized carbons (Fsp3) is 0. The van der Waals surface area contributed by atoms with Crippen LogP contribution in [0.2, 0.25) is 0 Å². The molecule has 6 heteroatoms. The molecule has 49 valence electrons. The summed E-state index contributed by atoms with van der Waals surface area (Å²) in [5, 5.41) is 10.1. The van der Waals surface area contributed by atoms with Gasteiger partial charge in [-0.15, -0.1) is 5.10 Å². The SMILES string of the molecule is [S]c1ncc2[nH]nnc2n1. The number of rotatable bonds is 0. The first-order valence-electron chi connectivity index (χ1n) is 2.57. The molecule has 1 N–H and O–H groups in total. The summed E-state index contributed by atoms with van der Waals surface area (Å²) in [5.41, 5.74) is 1.22. The number of hydrogen-bond donors (Lipinski definition) is 1. The normalized spacial score (nSPS) is 10.4. The van der Waals surface area contributed by atoms with Gasteiger partial charge in [0.05, 0.1) is 6.20 Å². The summed E-state index contributed by atoms with van der Waals surface area (Å²) in [5.74, 6) is 0. The van der Waals surface area contributed by atoms with Gasteiger partial charge in [0.15, 0.2) is 0 Å². The lowest BCUT2D eigenvalue weighted by Crippen LogP contribution is -1.82. The average Bonchev–Trinajstić information content (AvgIpc) is 2.33. The van der Waals surface area contributed by atoms with Crippen LogP contribution in [0.5, 0.6) is 0 Å². The van der Waals surface area contributed by atoms with Gasteiger partial charge in [-0.05, 0) is 12.6 Å². The van der Waals surface area contributed by atoms with Crippen molar-refractivity contribution in [1.82, 2.24) is 25.4 Å². The maximum Gasteiger partial charge on any atom is 0.221 e. The van der Waals surface area contributed by atoms with Crippen molar-refractivity contribution in [3.63, 3.8) is 0 Å². The van der Waals surface area contributed by atoms with Crippen LogP contribution in [0.1, 0.15) is 0 Å². The molecule has 0 aliphatic carbocycles. The van der Waals surface area contributed by atoms with Gasteiger partial charge in [-0.3, -0.25) is 5.10 Å². The van der Waals surface area contributed by atoms with Crippen LogP contribution in [0, 0.1) is 0 Å². The van der Waals surface area contributed by atoms with Crippen molar-refractivity contribution in [3.8, 4) is 0 Å². The Morgan fingerprint density at radius 1 is 1.50 bits per heavy atom. The summed E-state index contributed by atoms with van der Waals surface area (Å²) in [6.07, 6.45) is 1.56. The number of nitrogens with zero attached hydrogens (tertiary/aromatic N) is 4. The smallest absolute Gasteiger partial charge is 0.221 e. The van der Waals surface area contributed by atoms with E-state index in [1.165, 1.54) is 0 Å². The van der Waals surface area contributed by atoms with Crippen molar-refractivity contribution in [2.45, 2.75) is 5.16 Å². The van der Waals surface area contributed by atoms with Crippen LogP contribution in [0.4, 0.5) is 0 Å². The summed E-state index contributed by atoms with van der Waals surface area (Å²) in [6, 6.07) is 0. The second-order valence-corrected chi connectivity index (χ2v) is 2.07. The first kappa shape index (κ1) is 5.48. The van der Waals surface area contributed by atoms with Gasteiger partial charge in [0.2, 0.25) is 10.8 Å². The second-order valence-electron chi connectivity index (χ2n) is 1.70. The van der Waals surface area contributed by atoms with E-state index in [9.17, 15) is 0 Å². The molecule has 0 aliphatic heterocycles. The van der Waals surface area contributed by atoms with Crippen molar-refractivity contribution < 1.29 is 0 Å². The fourth-order valence-electron chi connectivity index (χ4n) is 0.639. The third-order valence-electron chi connectivity index (χ3n) is 1.06. The van der Waals surface area contributed by atoms with Crippen LogP contribution >= 0.6 is 12.6 Å². The molecule has 10 heavy (non-hydrogen) atoms. The quantitative estimate of drug-likeness (QED) is 0.551. The van der Waals surface area contributed by atoms with E-state index in [1.54, 1.807) is 6.20 Å². The van der Waals surface area contributed by atoms with Gasteiger partial charge < -0.3 is 0 Å². The Hall–Kier alpha value is -1.30. The topological polar surface area (TPSA) is 67.3 Å². The molecule has 0 aliphatic rings. The van der Waals surface area contributed by atoms with Crippen molar-refractivity contribution in [2.75, 3.05) is 0 Å². The largest absolute Gasteiger partial charge is 0.254 e. The average molecular weight is 152 g/mol. The molecule has 0 bridgehead atoms. The lowest BCUT2D eigenvalue weighted by molar-refractivity contribution is 0.947. The van der Waals surface area contributed by atoms with Crippen LogP contribution in [0.15, 0.2) is 11.4 Å². The van der Waals surface area contributed by atoms with Crippen LogP contribution < -0.4 is 0 Å². The highest BCUT2D eigenvalue weighted by Gasteiger charge is 1.98. The minimum Gasteiger partial charge on any atom is -0.254 e. The Balaban J connectivity index is 2.86. The van der Waals surface area contributed by atoms with Gasteiger partial charge in [0.25, 0.3) is 0 Å². The maximum atomic E-state index is 4.70. The number of fused-ring (bicyclic) bond motifs is 1. The Bertz CT molecular complexity index is 355. The van der Waals surface area contributed by atoms with E-state index < -0.39 is 0 Å². The van der Waals surface area contributed by atoms with Crippen LogP contribution in [-0.4, -0.2) is 25.4 Å². The lowest BCUT2D eigenvalue weighted by atomic mass is 10.6. The zero-order valence-corrected chi connectivity index (χ0v) is 5.59. The van der Waals surface area contributed by atoms with E-state index in [0.29, 0.717) is 16.3 Å². The molecule has 2 rings (SSSR count). The Kier molecular flexibility index (Phi) is 1.01. The van der Waals surface area contributed by atoms with Gasteiger partial charge in [-0.25, -0.2) is 4.98 Å². The molecule has 0 unspecified atom stereocenters. The highest BCUT2D eigenvalue weighted by molar-refractivity contribution is 7.80. The summed E-state index contributed by atoms with van der Waals surface area (Å²) in [6.45, 7) is 0. The zero-order chi connectivity index (χ0) is 6.97. The molecule has 2 heterocycles. The predicted molar refractivity (Wildman–Crippen MR) is 35.3 cm³/mol. The molecule has 2 aromatic heterocycles. The maximum absolute atomic E-state index is 4.70. The third-order valence-corrected chi connectivity index (χ3v) is 1.26. The monoisotopic (exact) mass is 152 g/mol. The Morgan fingerprint density at radius 3 is 3.30 bits per heavy atom. The molecule has 5 nitrogen and oxygen atoms in total. The van der Waals surface area contributed by atoms with Gasteiger partial charge in [0.1, 0.15) is 5.52 Å². The standard InChI is InChI=1S/C4H2N5S/c10-4-5-1-2-3(6-4)8-9-7-2/h1H,(H,5,6,7,8,9). The fourth-order valence-corrected chi connectivity index (χ4v) is 0.778. The van der Waals surface area contributed by atoms with Gasteiger partial charge in [-0.1, -0.05) is 5.21 Å². The van der Waals surface area contributed by atoms with Crippen LogP contribution in [0.3, 0.4) is 0 Å². The van der Waals surface area contributed by atoms with Crippen molar-refractivity contribution >= 4 is 23.8 Å². The summed E-state index contributed by atoms with van der Waals surface area (Å²) in [4.78, 5) is 7.61. The number of nitrogens with one attached hydrogen (secondary N) is 1. The second kappa shape index (κ2) is 1.84. The number of hydrogen-bond acceptors (Lipinski definition) is 4. The molecule has 2 aromatic rings. The number of aromatic nitrogens is 5.